The molecule has 0 radical (unpaired) electrons. The largest absolute Gasteiger partial charge is 0.382 e. The van der Waals surface area contributed by atoms with Crippen LogP contribution >= 0.6 is 11.8 Å². The molecule has 1 saturated heterocycles. The molecule has 1 heterocycles. The van der Waals surface area contributed by atoms with E-state index in [0.717, 1.165) is 5.75 Å². The first-order valence-corrected chi connectivity index (χ1v) is 8.69. The maximum atomic E-state index is 12.0. The molecule has 2 amide bonds. The number of Topliss-reactive ketones (excluding diaryl/α,β-unsaturated/α-hetero) is 1. The van der Waals surface area contributed by atoms with Gasteiger partial charge in [0.05, 0.1) is 18.5 Å². The van der Waals surface area contributed by atoms with Gasteiger partial charge in [-0.15, -0.1) is 11.8 Å². The van der Waals surface area contributed by atoms with Gasteiger partial charge < -0.3 is 9.47 Å². The maximum absolute atomic E-state index is 12.0. The Balaban J connectivity index is 2.18. The summed E-state index contributed by atoms with van der Waals surface area (Å²) in [6, 6.07) is 0. The maximum Gasteiger partial charge on any atom is 0.242 e. The second kappa shape index (κ2) is 10.7. The van der Waals surface area contributed by atoms with Crippen LogP contribution in [0, 0.1) is 0 Å². The fourth-order valence-corrected chi connectivity index (χ4v) is 3.13. The summed E-state index contributed by atoms with van der Waals surface area (Å²) in [7, 11) is 1.61. The molecule has 0 N–H and O–H groups in total. The summed E-state index contributed by atoms with van der Waals surface area (Å²) >= 11 is 1.49. The van der Waals surface area contributed by atoms with Crippen LogP contribution in [0.4, 0.5) is 0 Å². The van der Waals surface area contributed by atoms with Gasteiger partial charge in [-0.2, -0.15) is 0 Å². The first-order valence-electron chi connectivity index (χ1n) is 7.64. The molecule has 1 unspecified atom stereocenters. The van der Waals surface area contributed by atoms with Gasteiger partial charge in [0.15, 0.2) is 0 Å². The van der Waals surface area contributed by atoms with Crippen LogP contribution in [0.15, 0.2) is 0 Å². The molecule has 0 aliphatic carbocycles. The van der Waals surface area contributed by atoms with Gasteiger partial charge in [0.25, 0.3) is 0 Å². The Hall–Kier alpha value is -0.920. The van der Waals surface area contributed by atoms with Crippen molar-refractivity contribution in [2.24, 2.45) is 0 Å². The van der Waals surface area contributed by atoms with Gasteiger partial charge in [0, 0.05) is 39.5 Å². The number of ether oxygens (including phenoxy) is 2. The minimum atomic E-state index is -0.262. The molecule has 0 saturated carbocycles. The molecule has 0 spiro atoms. The number of likely N-dealkylation sites (tertiary alicyclic amines) is 1. The van der Waals surface area contributed by atoms with E-state index >= 15 is 0 Å². The Morgan fingerprint density at radius 3 is 2.73 bits per heavy atom. The zero-order chi connectivity index (χ0) is 16.4. The second-order valence-electron chi connectivity index (χ2n) is 5.03. The molecular formula is C15H25NO5S. The van der Waals surface area contributed by atoms with E-state index in [4.69, 9.17) is 9.47 Å². The number of hydrogen-bond acceptors (Lipinski definition) is 6. The molecule has 126 valence electrons. The lowest BCUT2D eigenvalue weighted by Crippen LogP contribution is -2.33. The molecule has 6 nitrogen and oxygen atoms in total. The van der Waals surface area contributed by atoms with E-state index < -0.39 is 0 Å². The van der Waals surface area contributed by atoms with Gasteiger partial charge in [-0.1, -0.05) is 6.92 Å². The zero-order valence-corrected chi connectivity index (χ0v) is 14.2. The molecule has 1 rings (SSSR count). The summed E-state index contributed by atoms with van der Waals surface area (Å²) in [5, 5.41) is -0.262. The minimum absolute atomic E-state index is 0.0579. The summed E-state index contributed by atoms with van der Waals surface area (Å²) < 4.78 is 10.1. The Labute approximate surface area is 135 Å². The third-order valence-electron chi connectivity index (χ3n) is 3.36. The third kappa shape index (κ3) is 6.46. The quantitative estimate of drug-likeness (QED) is 0.396. The fraction of sp³-hybridized carbons (Fsp3) is 0.800. The van der Waals surface area contributed by atoms with Crippen LogP contribution in [0.1, 0.15) is 32.6 Å². The van der Waals surface area contributed by atoms with Crippen molar-refractivity contribution in [1.29, 1.82) is 0 Å². The van der Waals surface area contributed by atoms with E-state index in [2.05, 4.69) is 0 Å². The van der Waals surface area contributed by atoms with Crippen LogP contribution in [-0.4, -0.2) is 67.0 Å². The molecule has 1 atom stereocenters. The van der Waals surface area contributed by atoms with Crippen molar-refractivity contribution in [3.63, 3.8) is 0 Å². The molecule has 1 fully saturated rings. The van der Waals surface area contributed by atoms with Crippen LogP contribution < -0.4 is 0 Å². The average molecular weight is 331 g/mol. The lowest BCUT2D eigenvalue weighted by Gasteiger charge is -2.14. The highest BCUT2D eigenvalue weighted by Crippen LogP contribution is 2.24. The van der Waals surface area contributed by atoms with E-state index in [-0.39, 0.29) is 42.2 Å². The molecular weight excluding hydrogens is 306 g/mol. The summed E-state index contributed by atoms with van der Waals surface area (Å²) in [5.41, 5.74) is 0. The van der Waals surface area contributed by atoms with Crippen molar-refractivity contribution in [2.75, 3.05) is 39.2 Å². The minimum Gasteiger partial charge on any atom is -0.382 e. The van der Waals surface area contributed by atoms with Gasteiger partial charge >= 0.3 is 0 Å². The predicted molar refractivity (Wildman–Crippen MR) is 84.8 cm³/mol. The van der Waals surface area contributed by atoms with Crippen LogP contribution in [0.3, 0.4) is 0 Å². The van der Waals surface area contributed by atoms with E-state index in [9.17, 15) is 14.4 Å². The SMILES string of the molecule is CCSC1CC(=O)N(CCC(=O)CCCOCCOC)C1=O. The Bertz CT molecular complexity index is 388. The average Bonchev–Trinajstić information content (AvgIpc) is 2.75. The van der Waals surface area contributed by atoms with Crippen molar-refractivity contribution in [2.45, 2.75) is 37.9 Å². The molecule has 0 aromatic heterocycles. The molecule has 1 aliphatic heterocycles. The van der Waals surface area contributed by atoms with Gasteiger partial charge in [-0.25, -0.2) is 0 Å². The second-order valence-corrected chi connectivity index (χ2v) is 6.51. The summed E-state index contributed by atoms with van der Waals surface area (Å²) in [6.07, 6.45) is 1.56. The van der Waals surface area contributed by atoms with E-state index in [1.807, 2.05) is 6.92 Å². The molecule has 1 aliphatic rings. The number of ketones is 1. The molecule has 0 aromatic carbocycles. The number of carbonyl (C=O) groups excluding carboxylic acids is 3. The van der Waals surface area contributed by atoms with E-state index in [1.165, 1.54) is 16.7 Å². The topological polar surface area (TPSA) is 72.9 Å². The number of imide groups is 1. The van der Waals surface area contributed by atoms with Gasteiger partial charge in [0.1, 0.15) is 5.78 Å². The van der Waals surface area contributed by atoms with Gasteiger partial charge in [-0.05, 0) is 12.2 Å². The zero-order valence-electron chi connectivity index (χ0n) is 13.3. The standard InChI is InChI=1S/C15H25NO5S/c1-3-22-13-11-14(18)16(15(13)19)7-6-12(17)5-4-8-21-10-9-20-2/h13H,3-11H2,1-2H3. The van der Waals surface area contributed by atoms with Crippen molar-refractivity contribution >= 4 is 29.4 Å². The lowest BCUT2D eigenvalue weighted by molar-refractivity contribution is -0.138. The Morgan fingerprint density at radius 2 is 2.05 bits per heavy atom. The number of amides is 2. The number of carbonyl (C=O) groups is 3. The van der Waals surface area contributed by atoms with Gasteiger partial charge in [0.2, 0.25) is 11.8 Å². The lowest BCUT2D eigenvalue weighted by atomic mass is 10.1. The molecule has 0 bridgehead atoms. The number of hydrogen-bond donors (Lipinski definition) is 0. The third-order valence-corrected chi connectivity index (χ3v) is 4.46. The first kappa shape index (κ1) is 19.1. The normalized spacial score (nSPS) is 18.3. The predicted octanol–water partition coefficient (Wildman–Crippen LogP) is 1.27. The Morgan fingerprint density at radius 1 is 1.27 bits per heavy atom. The van der Waals surface area contributed by atoms with Gasteiger partial charge in [-0.3, -0.25) is 19.3 Å². The van der Waals surface area contributed by atoms with Crippen LogP contribution in [0.2, 0.25) is 0 Å². The Kier molecular flexibility index (Phi) is 9.34. The highest BCUT2D eigenvalue weighted by molar-refractivity contribution is 8.00. The van der Waals surface area contributed by atoms with Crippen molar-refractivity contribution < 1.29 is 23.9 Å². The van der Waals surface area contributed by atoms with Crippen LogP contribution in [-0.2, 0) is 23.9 Å². The molecule has 0 aromatic rings. The van der Waals surface area contributed by atoms with Crippen molar-refractivity contribution in [3.8, 4) is 0 Å². The van der Waals surface area contributed by atoms with E-state index in [0.29, 0.717) is 32.7 Å². The van der Waals surface area contributed by atoms with Crippen molar-refractivity contribution in [3.05, 3.63) is 0 Å². The van der Waals surface area contributed by atoms with E-state index in [1.54, 1.807) is 7.11 Å². The number of methoxy groups -OCH3 is 1. The van der Waals surface area contributed by atoms with Crippen LogP contribution in [0.25, 0.3) is 0 Å². The monoisotopic (exact) mass is 331 g/mol. The number of thioether (sulfide) groups is 1. The summed E-state index contributed by atoms with van der Waals surface area (Å²) in [4.78, 5) is 36.8. The summed E-state index contributed by atoms with van der Waals surface area (Å²) in [5.74, 6) is 0.557. The molecule has 22 heavy (non-hydrogen) atoms. The van der Waals surface area contributed by atoms with Crippen molar-refractivity contribution in [1.82, 2.24) is 4.90 Å². The first-order chi connectivity index (χ1) is 10.6. The smallest absolute Gasteiger partial charge is 0.242 e. The highest BCUT2D eigenvalue weighted by atomic mass is 32.2. The van der Waals surface area contributed by atoms with Crippen LogP contribution in [0.5, 0.6) is 0 Å². The summed E-state index contributed by atoms with van der Waals surface area (Å²) in [6.45, 7) is 3.76. The molecule has 7 heteroatoms. The fourth-order valence-electron chi connectivity index (χ4n) is 2.20. The number of nitrogens with zero attached hydrogens (tertiary/aromatic N) is 1. The highest BCUT2D eigenvalue weighted by Gasteiger charge is 2.38. The number of rotatable bonds is 12.